The predicted molar refractivity (Wildman–Crippen MR) is 82.5 cm³/mol. The van der Waals surface area contributed by atoms with E-state index in [9.17, 15) is 18.0 Å². The number of nitrogens with one attached hydrogen (secondary N) is 2. The van der Waals surface area contributed by atoms with Gasteiger partial charge in [0, 0.05) is 24.6 Å². The summed E-state index contributed by atoms with van der Waals surface area (Å²) < 4.78 is 38.0. The van der Waals surface area contributed by atoms with Gasteiger partial charge in [-0.25, -0.2) is 5.43 Å². The summed E-state index contributed by atoms with van der Waals surface area (Å²) in [6.45, 7) is 0.0168. The Morgan fingerprint density at radius 2 is 2.04 bits per heavy atom. The van der Waals surface area contributed by atoms with Gasteiger partial charge in [-0.2, -0.15) is 13.2 Å². The van der Waals surface area contributed by atoms with Gasteiger partial charge >= 0.3 is 6.18 Å². The number of hydrogen-bond donors (Lipinski definition) is 4. The van der Waals surface area contributed by atoms with Crippen LogP contribution in [0.2, 0.25) is 0 Å². The van der Waals surface area contributed by atoms with Gasteiger partial charge in [-0.05, 0) is 29.8 Å². The average Bonchev–Trinajstić information content (AvgIpc) is 2.56. The number of hydrogen-bond acceptors (Lipinski definition) is 5. The Morgan fingerprint density at radius 3 is 2.58 bits per heavy atom. The number of amides is 1. The molecular formula is C15H16F3N5O. The zero-order valence-corrected chi connectivity index (χ0v) is 12.5. The van der Waals surface area contributed by atoms with Gasteiger partial charge in [0.05, 0.1) is 17.2 Å². The van der Waals surface area contributed by atoms with Gasteiger partial charge in [-0.15, -0.1) is 0 Å². The highest BCUT2D eigenvalue weighted by Crippen LogP contribution is 2.32. The zero-order valence-electron chi connectivity index (χ0n) is 12.5. The topological polar surface area (TPSA) is 106 Å². The molecule has 1 aromatic carbocycles. The molecule has 0 aliphatic rings. The standard InChI is InChI=1S/C15H16F3N5O/c16-15(17,18)10-3-4-11(12(20)6-10)13(7-19)22-23-14(24)9-2-1-5-21-8-9/h1-6,8,13,22H,7,19-20H2,(H,23,24). The molecule has 6 nitrogen and oxygen atoms in total. The van der Waals surface area contributed by atoms with Crippen LogP contribution in [-0.4, -0.2) is 17.4 Å². The van der Waals surface area contributed by atoms with Crippen LogP contribution < -0.4 is 22.3 Å². The molecule has 2 aromatic rings. The van der Waals surface area contributed by atoms with Gasteiger partial charge in [0.25, 0.3) is 5.91 Å². The maximum Gasteiger partial charge on any atom is 0.416 e. The number of nitrogen functional groups attached to an aromatic ring is 1. The van der Waals surface area contributed by atoms with E-state index in [4.69, 9.17) is 11.5 Å². The summed E-state index contributed by atoms with van der Waals surface area (Å²) in [6.07, 6.45) is -1.58. The number of aromatic nitrogens is 1. The number of alkyl halides is 3. The van der Waals surface area contributed by atoms with Crippen molar-refractivity contribution in [3.8, 4) is 0 Å². The Hall–Kier alpha value is -2.65. The number of rotatable bonds is 5. The largest absolute Gasteiger partial charge is 0.416 e. The van der Waals surface area contributed by atoms with Gasteiger partial charge in [-0.1, -0.05) is 6.07 Å². The van der Waals surface area contributed by atoms with Crippen LogP contribution in [0.3, 0.4) is 0 Å². The molecule has 0 fully saturated rings. The lowest BCUT2D eigenvalue weighted by molar-refractivity contribution is -0.137. The molecule has 24 heavy (non-hydrogen) atoms. The van der Waals surface area contributed by atoms with E-state index in [1.165, 1.54) is 18.5 Å². The highest BCUT2D eigenvalue weighted by Gasteiger charge is 2.31. The summed E-state index contributed by atoms with van der Waals surface area (Å²) in [5.41, 5.74) is 16.2. The molecule has 1 amide bonds. The fraction of sp³-hybridized carbons (Fsp3) is 0.200. The Balaban J connectivity index is 2.10. The molecule has 0 aliphatic heterocycles. The number of hydrazine groups is 1. The van der Waals surface area contributed by atoms with Gasteiger partial charge < -0.3 is 11.5 Å². The van der Waals surface area contributed by atoms with Crippen LogP contribution in [0.1, 0.15) is 27.5 Å². The highest BCUT2D eigenvalue weighted by atomic mass is 19.4. The quantitative estimate of drug-likeness (QED) is 0.489. The van der Waals surface area contributed by atoms with E-state index < -0.39 is 23.7 Å². The molecule has 1 unspecified atom stereocenters. The van der Waals surface area contributed by atoms with Gasteiger partial charge in [0.15, 0.2) is 0 Å². The fourth-order valence-corrected chi connectivity index (χ4v) is 2.05. The maximum atomic E-state index is 12.7. The first-order valence-electron chi connectivity index (χ1n) is 6.95. The maximum absolute atomic E-state index is 12.7. The lowest BCUT2D eigenvalue weighted by Crippen LogP contribution is -2.42. The van der Waals surface area contributed by atoms with Crippen LogP contribution in [0.4, 0.5) is 18.9 Å². The number of nitrogens with two attached hydrogens (primary N) is 2. The van der Waals surface area contributed by atoms with E-state index in [2.05, 4.69) is 15.8 Å². The van der Waals surface area contributed by atoms with Gasteiger partial charge in [0.1, 0.15) is 0 Å². The number of pyridine rings is 1. The summed E-state index contributed by atoms with van der Waals surface area (Å²) in [7, 11) is 0. The summed E-state index contributed by atoms with van der Waals surface area (Å²) in [6, 6.07) is 5.50. The van der Waals surface area contributed by atoms with E-state index >= 15 is 0 Å². The minimum Gasteiger partial charge on any atom is -0.398 e. The van der Waals surface area contributed by atoms with Crippen LogP contribution in [0, 0.1) is 0 Å². The summed E-state index contributed by atoms with van der Waals surface area (Å²) in [5.74, 6) is -0.452. The van der Waals surface area contributed by atoms with Crippen molar-refractivity contribution in [1.82, 2.24) is 15.8 Å². The summed E-state index contributed by atoms with van der Waals surface area (Å²) in [4.78, 5) is 15.8. The van der Waals surface area contributed by atoms with E-state index in [0.29, 0.717) is 11.1 Å². The van der Waals surface area contributed by atoms with Crippen LogP contribution in [-0.2, 0) is 6.18 Å². The Kier molecular flexibility index (Phi) is 5.37. The van der Waals surface area contributed by atoms with Crippen molar-refractivity contribution in [2.75, 3.05) is 12.3 Å². The van der Waals surface area contributed by atoms with E-state index in [-0.39, 0.29) is 12.2 Å². The third-order valence-electron chi connectivity index (χ3n) is 3.31. The lowest BCUT2D eigenvalue weighted by Gasteiger charge is -2.20. The number of benzene rings is 1. The molecule has 0 radical (unpaired) electrons. The molecule has 6 N–H and O–H groups in total. The molecule has 0 saturated heterocycles. The molecule has 0 spiro atoms. The van der Waals surface area contributed by atoms with Crippen LogP contribution in [0.15, 0.2) is 42.7 Å². The monoisotopic (exact) mass is 339 g/mol. The molecule has 9 heteroatoms. The Bertz CT molecular complexity index is 706. The van der Waals surface area contributed by atoms with Crippen LogP contribution >= 0.6 is 0 Å². The number of nitrogens with zero attached hydrogens (tertiary/aromatic N) is 1. The summed E-state index contributed by atoms with van der Waals surface area (Å²) in [5, 5.41) is 0. The number of anilines is 1. The van der Waals surface area contributed by atoms with Gasteiger partial charge in [-0.3, -0.25) is 15.2 Å². The molecule has 0 aliphatic carbocycles. The highest BCUT2D eigenvalue weighted by molar-refractivity contribution is 5.93. The van der Waals surface area contributed by atoms with Crippen molar-refractivity contribution < 1.29 is 18.0 Å². The van der Waals surface area contributed by atoms with E-state index in [0.717, 1.165) is 12.1 Å². The smallest absolute Gasteiger partial charge is 0.398 e. The molecule has 128 valence electrons. The fourth-order valence-electron chi connectivity index (χ4n) is 2.05. The minimum absolute atomic E-state index is 0.0168. The molecule has 1 atom stereocenters. The van der Waals surface area contributed by atoms with Gasteiger partial charge in [0.2, 0.25) is 0 Å². The van der Waals surface area contributed by atoms with Crippen molar-refractivity contribution in [3.05, 3.63) is 59.4 Å². The van der Waals surface area contributed by atoms with Crippen molar-refractivity contribution in [2.24, 2.45) is 5.73 Å². The number of halogens is 3. The lowest BCUT2D eigenvalue weighted by atomic mass is 10.0. The van der Waals surface area contributed by atoms with Crippen molar-refractivity contribution in [3.63, 3.8) is 0 Å². The first kappa shape index (κ1) is 17.7. The molecular weight excluding hydrogens is 323 g/mol. The third-order valence-corrected chi connectivity index (χ3v) is 3.31. The van der Waals surface area contributed by atoms with E-state index in [1.54, 1.807) is 12.1 Å². The van der Waals surface area contributed by atoms with Crippen molar-refractivity contribution >= 4 is 11.6 Å². The molecule has 2 rings (SSSR count). The average molecular weight is 339 g/mol. The first-order chi connectivity index (χ1) is 11.3. The number of carbonyl (C=O) groups is 1. The van der Waals surface area contributed by atoms with Crippen molar-refractivity contribution in [2.45, 2.75) is 12.2 Å². The molecule has 1 aromatic heterocycles. The van der Waals surface area contributed by atoms with E-state index in [1.807, 2.05) is 0 Å². The number of carbonyl (C=O) groups excluding carboxylic acids is 1. The SMILES string of the molecule is NCC(NNC(=O)c1cccnc1)c1ccc(C(F)(F)F)cc1N. The molecule has 0 saturated carbocycles. The second-order valence-corrected chi connectivity index (χ2v) is 4.97. The zero-order chi connectivity index (χ0) is 17.7. The van der Waals surface area contributed by atoms with Crippen LogP contribution in [0.25, 0.3) is 0 Å². The Morgan fingerprint density at radius 1 is 1.29 bits per heavy atom. The first-order valence-corrected chi connectivity index (χ1v) is 6.95. The van der Waals surface area contributed by atoms with Crippen molar-refractivity contribution in [1.29, 1.82) is 0 Å². The normalized spacial score (nSPS) is 12.7. The summed E-state index contributed by atoms with van der Waals surface area (Å²) >= 11 is 0. The van der Waals surface area contributed by atoms with Crippen LogP contribution in [0.5, 0.6) is 0 Å². The second-order valence-electron chi connectivity index (χ2n) is 4.97. The Labute approximate surface area is 136 Å². The molecule has 1 heterocycles. The second kappa shape index (κ2) is 7.28. The minimum atomic E-state index is -4.48. The predicted octanol–water partition coefficient (Wildman–Crippen LogP) is 1.62. The third kappa shape index (κ3) is 4.21. The molecule has 0 bridgehead atoms.